The maximum absolute atomic E-state index is 5.69. The second-order valence-electron chi connectivity index (χ2n) is 4.81. The Labute approximate surface area is 119 Å². The highest BCUT2D eigenvalue weighted by Crippen LogP contribution is 2.22. The molecule has 0 spiro atoms. The Morgan fingerprint density at radius 1 is 1.58 bits per heavy atom. The smallest absolute Gasteiger partial charge is 0.123 e. The zero-order chi connectivity index (χ0) is 13.8. The van der Waals surface area contributed by atoms with Crippen molar-refractivity contribution in [2.24, 2.45) is 5.73 Å². The molecule has 1 atom stereocenters. The monoisotopic (exact) mass is 280 g/mol. The van der Waals surface area contributed by atoms with Gasteiger partial charge in [0.15, 0.2) is 0 Å². The fourth-order valence-electron chi connectivity index (χ4n) is 2.33. The molecule has 0 aromatic heterocycles. The van der Waals surface area contributed by atoms with Crippen LogP contribution < -0.4 is 10.5 Å². The van der Waals surface area contributed by atoms with Crippen molar-refractivity contribution in [2.45, 2.75) is 19.6 Å². The summed E-state index contributed by atoms with van der Waals surface area (Å²) in [5.41, 5.74) is 7.68. The minimum absolute atomic E-state index is 0.276. The van der Waals surface area contributed by atoms with Gasteiger partial charge in [0.25, 0.3) is 0 Å². The van der Waals surface area contributed by atoms with Crippen LogP contribution in [0, 0.1) is 0 Å². The fourth-order valence-corrected chi connectivity index (χ4v) is 2.46. The van der Waals surface area contributed by atoms with E-state index in [2.05, 4.69) is 11.8 Å². The normalized spacial score (nSPS) is 20.2. The molecule has 2 N–H and O–H groups in total. The molecule has 1 aromatic rings. The molecule has 0 amide bonds. The molecule has 1 unspecified atom stereocenters. The Hall–Kier alpha value is -1.17. The zero-order valence-corrected chi connectivity index (χ0v) is 12.2. The standard InChI is InChI=1S/C14H20N2O2S/c1-10-8-16(5-6-18-10)9-12-7-11(14(15)19)3-4-13(12)17-2/h3-4,7,10H,5-6,8-9H2,1-2H3,(H2,15,19). The van der Waals surface area contributed by atoms with Crippen molar-refractivity contribution in [1.29, 1.82) is 0 Å². The van der Waals surface area contributed by atoms with E-state index in [-0.39, 0.29) is 6.10 Å². The average Bonchev–Trinajstić information content (AvgIpc) is 2.38. The first-order valence-corrected chi connectivity index (χ1v) is 6.81. The quantitative estimate of drug-likeness (QED) is 0.848. The van der Waals surface area contributed by atoms with E-state index < -0.39 is 0 Å². The number of nitrogens with two attached hydrogens (primary N) is 1. The Bertz CT molecular complexity index is 465. The molecule has 1 heterocycles. The maximum atomic E-state index is 5.69. The summed E-state index contributed by atoms with van der Waals surface area (Å²) in [6.45, 7) is 5.56. The molecule has 1 saturated heterocycles. The molecular formula is C14H20N2O2S. The zero-order valence-electron chi connectivity index (χ0n) is 11.4. The van der Waals surface area contributed by atoms with Gasteiger partial charge in [0.2, 0.25) is 0 Å². The van der Waals surface area contributed by atoms with Crippen LogP contribution in [-0.2, 0) is 11.3 Å². The van der Waals surface area contributed by atoms with Crippen molar-refractivity contribution in [1.82, 2.24) is 4.90 Å². The van der Waals surface area contributed by atoms with Crippen LogP contribution in [0.2, 0.25) is 0 Å². The molecule has 19 heavy (non-hydrogen) atoms. The summed E-state index contributed by atoms with van der Waals surface area (Å²) >= 11 is 5.03. The molecule has 104 valence electrons. The summed E-state index contributed by atoms with van der Waals surface area (Å²) in [7, 11) is 1.68. The molecule has 1 aliphatic rings. The summed E-state index contributed by atoms with van der Waals surface area (Å²) in [6.07, 6.45) is 0.276. The topological polar surface area (TPSA) is 47.7 Å². The third-order valence-electron chi connectivity index (χ3n) is 3.28. The number of benzene rings is 1. The second kappa shape index (κ2) is 6.32. The lowest BCUT2D eigenvalue weighted by molar-refractivity contribution is -0.0213. The Balaban J connectivity index is 2.17. The van der Waals surface area contributed by atoms with Crippen molar-refractivity contribution in [3.8, 4) is 5.75 Å². The van der Waals surface area contributed by atoms with Crippen LogP contribution in [0.5, 0.6) is 5.75 Å². The van der Waals surface area contributed by atoms with Gasteiger partial charge in [-0.15, -0.1) is 0 Å². The van der Waals surface area contributed by atoms with Crippen LogP contribution >= 0.6 is 12.2 Å². The highest BCUT2D eigenvalue weighted by atomic mass is 32.1. The lowest BCUT2D eigenvalue weighted by atomic mass is 10.1. The molecule has 0 bridgehead atoms. The highest BCUT2D eigenvalue weighted by Gasteiger charge is 2.18. The van der Waals surface area contributed by atoms with Crippen LogP contribution in [0.15, 0.2) is 18.2 Å². The number of hydrogen-bond acceptors (Lipinski definition) is 4. The number of ether oxygens (including phenoxy) is 2. The molecule has 2 rings (SSSR count). The van der Waals surface area contributed by atoms with Crippen LogP contribution in [-0.4, -0.2) is 42.8 Å². The molecule has 1 aliphatic heterocycles. The first kappa shape index (κ1) is 14.2. The van der Waals surface area contributed by atoms with Gasteiger partial charge in [-0.3, -0.25) is 4.90 Å². The minimum Gasteiger partial charge on any atom is -0.496 e. The molecule has 1 fully saturated rings. The van der Waals surface area contributed by atoms with Crippen LogP contribution in [0.25, 0.3) is 0 Å². The van der Waals surface area contributed by atoms with E-state index in [1.165, 1.54) is 0 Å². The second-order valence-corrected chi connectivity index (χ2v) is 5.25. The highest BCUT2D eigenvalue weighted by molar-refractivity contribution is 7.80. The molecular weight excluding hydrogens is 260 g/mol. The molecule has 0 saturated carbocycles. The van der Waals surface area contributed by atoms with E-state index in [0.717, 1.165) is 43.1 Å². The number of rotatable bonds is 4. The predicted molar refractivity (Wildman–Crippen MR) is 79.6 cm³/mol. The van der Waals surface area contributed by atoms with Crippen LogP contribution in [0.4, 0.5) is 0 Å². The Morgan fingerprint density at radius 3 is 3.00 bits per heavy atom. The van der Waals surface area contributed by atoms with Gasteiger partial charge in [-0.1, -0.05) is 12.2 Å². The van der Waals surface area contributed by atoms with Gasteiger partial charge in [0.1, 0.15) is 10.7 Å². The SMILES string of the molecule is COc1ccc(C(N)=S)cc1CN1CCOC(C)C1. The van der Waals surface area contributed by atoms with Crippen molar-refractivity contribution in [3.05, 3.63) is 29.3 Å². The van der Waals surface area contributed by atoms with E-state index in [1.807, 2.05) is 18.2 Å². The summed E-state index contributed by atoms with van der Waals surface area (Å²) in [6, 6.07) is 5.83. The van der Waals surface area contributed by atoms with Gasteiger partial charge < -0.3 is 15.2 Å². The molecule has 5 heteroatoms. The summed E-state index contributed by atoms with van der Waals surface area (Å²) in [5.74, 6) is 0.874. The van der Waals surface area contributed by atoms with E-state index >= 15 is 0 Å². The first-order chi connectivity index (χ1) is 9.10. The number of nitrogens with zero attached hydrogens (tertiary/aromatic N) is 1. The average molecular weight is 280 g/mol. The third kappa shape index (κ3) is 3.65. The fraction of sp³-hybridized carbons (Fsp3) is 0.500. The summed E-state index contributed by atoms with van der Waals surface area (Å²) in [5, 5.41) is 0. The Kier molecular flexibility index (Phi) is 4.74. The van der Waals surface area contributed by atoms with Crippen molar-refractivity contribution < 1.29 is 9.47 Å². The number of hydrogen-bond donors (Lipinski definition) is 1. The predicted octanol–water partition coefficient (Wildman–Crippen LogP) is 1.55. The van der Waals surface area contributed by atoms with Gasteiger partial charge in [-0.05, 0) is 25.1 Å². The maximum Gasteiger partial charge on any atom is 0.123 e. The van der Waals surface area contributed by atoms with E-state index in [9.17, 15) is 0 Å². The summed E-state index contributed by atoms with van der Waals surface area (Å²) < 4.78 is 11.0. The number of methoxy groups -OCH3 is 1. The van der Waals surface area contributed by atoms with Crippen LogP contribution in [0.1, 0.15) is 18.1 Å². The van der Waals surface area contributed by atoms with E-state index in [1.54, 1.807) is 7.11 Å². The molecule has 0 radical (unpaired) electrons. The van der Waals surface area contributed by atoms with Gasteiger partial charge in [0, 0.05) is 30.8 Å². The van der Waals surface area contributed by atoms with Crippen LogP contribution in [0.3, 0.4) is 0 Å². The van der Waals surface area contributed by atoms with Crippen molar-refractivity contribution in [3.63, 3.8) is 0 Å². The lowest BCUT2D eigenvalue weighted by Gasteiger charge is -2.31. The molecule has 1 aromatic carbocycles. The van der Waals surface area contributed by atoms with Crippen molar-refractivity contribution >= 4 is 17.2 Å². The van der Waals surface area contributed by atoms with E-state index in [0.29, 0.717) is 4.99 Å². The van der Waals surface area contributed by atoms with Gasteiger partial charge in [-0.25, -0.2) is 0 Å². The number of thiocarbonyl (C=S) groups is 1. The van der Waals surface area contributed by atoms with Gasteiger partial charge >= 0.3 is 0 Å². The first-order valence-electron chi connectivity index (χ1n) is 6.41. The lowest BCUT2D eigenvalue weighted by Crippen LogP contribution is -2.40. The molecule has 4 nitrogen and oxygen atoms in total. The minimum atomic E-state index is 0.276. The van der Waals surface area contributed by atoms with Gasteiger partial charge in [-0.2, -0.15) is 0 Å². The van der Waals surface area contributed by atoms with E-state index in [4.69, 9.17) is 27.4 Å². The number of morpholine rings is 1. The third-order valence-corrected chi connectivity index (χ3v) is 3.52. The van der Waals surface area contributed by atoms with Gasteiger partial charge in [0.05, 0.1) is 19.8 Å². The summed E-state index contributed by atoms with van der Waals surface area (Å²) in [4.78, 5) is 2.77. The van der Waals surface area contributed by atoms with Crippen molar-refractivity contribution in [2.75, 3.05) is 26.8 Å². The molecule has 0 aliphatic carbocycles. The largest absolute Gasteiger partial charge is 0.496 e. The Morgan fingerprint density at radius 2 is 2.37 bits per heavy atom.